The first-order valence-corrected chi connectivity index (χ1v) is 18.0. The van der Waals surface area contributed by atoms with E-state index in [4.69, 9.17) is 0 Å². The number of unbranched alkanes of at least 4 members (excludes halogenated alkanes) is 1. The Morgan fingerprint density at radius 2 is 0.922 bits per heavy atom. The zero-order valence-corrected chi connectivity index (χ0v) is 30.1. The Morgan fingerprint density at radius 3 is 1.29 bits per heavy atom. The quantitative estimate of drug-likeness (QED) is 0.110. The van der Waals surface area contributed by atoms with E-state index in [0.717, 1.165) is 39.8 Å². The Balaban J connectivity index is 0.000000206. The summed E-state index contributed by atoms with van der Waals surface area (Å²) in [5.41, 5.74) is 7.94. The summed E-state index contributed by atoms with van der Waals surface area (Å²) in [6.45, 7) is 8.79. The third-order valence-electron chi connectivity index (χ3n) is 10.0. The lowest BCUT2D eigenvalue weighted by molar-refractivity contribution is 0.405. The zero-order valence-electron chi connectivity index (χ0n) is 30.1. The Bertz CT molecular complexity index is 1830. The standard InChI is InChI=1S/C27H24O2.C20H26O2/c1-27(2,21-13-15-25(28)23(17-21)19-9-5-3-6-10-19)22-14-16-26(29)24(18-22)20-11-7-4-8-12-20;1-3-5-6-15(4-2)20(16-7-11-18(21)12-8-16)17-9-13-19(22)14-10-17/h3-18,28-29H,1-2H3;7-15,20-22H,3-6H2,1-2H3. The third-order valence-corrected chi connectivity index (χ3v) is 10.0. The highest BCUT2D eigenvalue weighted by Crippen LogP contribution is 2.41. The fourth-order valence-corrected chi connectivity index (χ4v) is 6.89. The summed E-state index contributed by atoms with van der Waals surface area (Å²) in [6.07, 6.45) is 4.74. The Labute approximate surface area is 303 Å². The molecule has 0 fully saturated rings. The minimum atomic E-state index is -0.311. The van der Waals surface area contributed by atoms with Crippen LogP contribution in [0, 0.1) is 5.92 Å². The molecule has 6 aromatic rings. The van der Waals surface area contributed by atoms with Crippen LogP contribution in [0.4, 0.5) is 0 Å². The van der Waals surface area contributed by atoms with Gasteiger partial charge in [0.25, 0.3) is 0 Å². The number of phenols is 4. The summed E-state index contributed by atoms with van der Waals surface area (Å²) in [5, 5.41) is 39.9. The Hall–Kier alpha value is -5.48. The minimum absolute atomic E-state index is 0.270. The van der Waals surface area contributed by atoms with E-state index >= 15 is 0 Å². The second-order valence-electron chi connectivity index (χ2n) is 13.8. The highest BCUT2D eigenvalue weighted by molar-refractivity contribution is 5.73. The van der Waals surface area contributed by atoms with Gasteiger partial charge < -0.3 is 20.4 Å². The van der Waals surface area contributed by atoms with Crippen molar-refractivity contribution >= 4 is 0 Å². The summed E-state index contributed by atoms with van der Waals surface area (Å²) in [6, 6.07) is 46.5. The second kappa shape index (κ2) is 17.0. The lowest BCUT2D eigenvalue weighted by Crippen LogP contribution is -2.19. The van der Waals surface area contributed by atoms with Crippen molar-refractivity contribution in [2.24, 2.45) is 5.92 Å². The van der Waals surface area contributed by atoms with Gasteiger partial charge in [-0.25, -0.2) is 0 Å². The lowest BCUT2D eigenvalue weighted by atomic mass is 9.76. The summed E-state index contributed by atoms with van der Waals surface area (Å²) in [5.74, 6) is 2.01. The Morgan fingerprint density at radius 1 is 0.510 bits per heavy atom. The molecule has 0 aliphatic carbocycles. The molecule has 0 aliphatic heterocycles. The Kier molecular flexibility index (Phi) is 12.2. The molecule has 6 rings (SSSR count). The number of benzene rings is 6. The normalized spacial score (nSPS) is 11.9. The van der Waals surface area contributed by atoms with E-state index in [9.17, 15) is 20.4 Å². The highest BCUT2D eigenvalue weighted by atomic mass is 16.3. The predicted molar refractivity (Wildman–Crippen MR) is 211 cm³/mol. The maximum absolute atomic E-state index is 10.4. The van der Waals surface area contributed by atoms with Crippen LogP contribution < -0.4 is 0 Å². The number of hydrogen-bond donors (Lipinski definition) is 4. The van der Waals surface area contributed by atoms with Crippen LogP contribution in [0.15, 0.2) is 146 Å². The van der Waals surface area contributed by atoms with E-state index in [1.807, 2.05) is 97.1 Å². The largest absolute Gasteiger partial charge is 0.508 e. The van der Waals surface area contributed by atoms with Gasteiger partial charge in [0, 0.05) is 22.5 Å². The molecule has 0 saturated heterocycles. The molecule has 0 heterocycles. The molecule has 1 atom stereocenters. The SMILES string of the molecule is CC(C)(c1ccc(O)c(-c2ccccc2)c1)c1ccc(O)c(-c2ccccc2)c1.CCCCC(CC)C(c1ccc(O)cc1)c1ccc(O)cc1. The molecule has 51 heavy (non-hydrogen) atoms. The van der Waals surface area contributed by atoms with Crippen molar-refractivity contribution in [2.45, 2.75) is 64.7 Å². The van der Waals surface area contributed by atoms with Gasteiger partial charge in [-0.3, -0.25) is 0 Å². The average Bonchev–Trinajstić information content (AvgIpc) is 3.15. The maximum atomic E-state index is 10.4. The number of phenolic OH excluding ortho intramolecular Hbond substituents is 4. The van der Waals surface area contributed by atoms with E-state index in [2.05, 4.69) is 39.8 Å². The summed E-state index contributed by atoms with van der Waals surface area (Å²) >= 11 is 0. The van der Waals surface area contributed by atoms with Crippen LogP contribution in [0.5, 0.6) is 23.0 Å². The van der Waals surface area contributed by atoms with Crippen molar-refractivity contribution in [3.63, 3.8) is 0 Å². The van der Waals surface area contributed by atoms with Crippen LogP contribution in [0.2, 0.25) is 0 Å². The molecule has 0 bridgehead atoms. The molecule has 4 N–H and O–H groups in total. The van der Waals surface area contributed by atoms with Gasteiger partial charge in [0.05, 0.1) is 0 Å². The second-order valence-corrected chi connectivity index (χ2v) is 13.8. The van der Waals surface area contributed by atoms with Crippen LogP contribution in [0.1, 0.15) is 81.5 Å². The van der Waals surface area contributed by atoms with Gasteiger partial charge in [-0.2, -0.15) is 0 Å². The molecule has 4 nitrogen and oxygen atoms in total. The summed E-state index contributed by atoms with van der Waals surface area (Å²) in [4.78, 5) is 0. The molecule has 0 aliphatic rings. The van der Waals surface area contributed by atoms with E-state index < -0.39 is 0 Å². The van der Waals surface area contributed by atoms with E-state index in [1.54, 1.807) is 36.4 Å². The molecule has 0 spiro atoms. The van der Waals surface area contributed by atoms with Crippen molar-refractivity contribution in [1.29, 1.82) is 0 Å². The molecule has 0 radical (unpaired) electrons. The van der Waals surface area contributed by atoms with Gasteiger partial charge in [-0.05, 0) is 94.3 Å². The van der Waals surface area contributed by atoms with Gasteiger partial charge in [0.1, 0.15) is 23.0 Å². The van der Waals surface area contributed by atoms with Crippen LogP contribution in [-0.2, 0) is 5.41 Å². The number of aromatic hydroxyl groups is 4. The molecule has 262 valence electrons. The lowest BCUT2D eigenvalue weighted by Gasteiger charge is -2.28. The van der Waals surface area contributed by atoms with Crippen molar-refractivity contribution in [2.75, 3.05) is 0 Å². The fraction of sp³-hybridized carbons (Fsp3) is 0.234. The van der Waals surface area contributed by atoms with E-state index in [1.165, 1.54) is 30.4 Å². The van der Waals surface area contributed by atoms with Gasteiger partial charge >= 0.3 is 0 Å². The molecule has 6 aromatic carbocycles. The van der Waals surface area contributed by atoms with Crippen molar-refractivity contribution < 1.29 is 20.4 Å². The topological polar surface area (TPSA) is 80.9 Å². The van der Waals surface area contributed by atoms with Crippen LogP contribution >= 0.6 is 0 Å². The highest BCUT2D eigenvalue weighted by Gasteiger charge is 2.26. The van der Waals surface area contributed by atoms with Crippen molar-refractivity contribution in [1.82, 2.24) is 0 Å². The maximum Gasteiger partial charge on any atom is 0.123 e. The van der Waals surface area contributed by atoms with Crippen LogP contribution in [-0.4, -0.2) is 20.4 Å². The van der Waals surface area contributed by atoms with Crippen molar-refractivity contribution in [3.05, 3.63) is 168 Å². The predicted octanol–water partition coefficient (Wildman–Crippen LogP) is 12.2. The molecular weight excluding hydrogens is 629 g/mol. The van der Waals surface area contributed by atoms with Gasteiger partial charge in [-0.1, -0.05) is 144 Å². The van der Waals surface area contributed by atoms with Crippen molar-refractivity contribution in [3.8, 4) is 45.3 Å². The fourth-order valence-electron chi connectivity index (χ4n) is 6.89. The first-order valence-electron chi connectivity index (χ1n) is 18.0. The first kappa shape index (κ1) is 36.8. The number of hydrogen-bond acceptors (Lipinski definition) is 4. The monoisotopic (exact) mass is 678 g/mol. The average molecular weight is 679 g/mol. The molecule has 0 amide bonds. The number of rotatable bonds is 11. The molecule has 4 heteroatoms. The summed E-state index contributed by atoms with van der Waals surface area (Å²) in [7, 11) is 0. The van der Waals surface area contributed by atoms with E-state index in [0.29, 0.717) is 23.3 Å². The molecule has 1 unspecified atom stereocenters. The molecule has 0 saturated carbocycles. The van der Waals surface area contributed by atoms with Gasteiger partial charge in [-0.15, -0.1) is 0 Å². The minimum Gasteiger partial charge on any atom is -0.508 e. The van der Waals surface area contributed by atoms with Gasteiger partial charge in [0.15, 0.2) is 0 Å². The zero-order chi connectivity index (χ0) is 36.4. The first-order chi connectivity index (χ1) is 24.6. The van der Waals surface area contributed by atoms with Crippen LogP contribution in [0.25, 0.3) is 22.3 Å². The third kappa shape index (κ3) is 9.01. The van der Waals surface area contributed by atoms with E-state index in [-0.39, 0.29) is 16.9 Å². The molecular formula is C47H50O4. The van der Waals surface area contributed by atoms with Crippen LogP contribution in [0.3, 0.4) is 0 Å². The summed E-state index contributed by atoms with van der Waals surface area (Å²) < 4.78 is 0. The smallest absolute Gasteiger partial charge is 0.123 e. The molecule has 0 aromatic heterocycles. The van der Waals surface area contributed by atoms with Gasteiger partial charge in [0.2, 0.25) is 0 Å².